The van der Waals surface area contributed by atoms with Crippen LogP contribution in [0.4, 0.5) is 5.69 Å². The summed E-state index contributed by atoms with van der Waals surface area (Å²) in [5.74, 6) is -0.217. The Morgan fingerprint density at radius 2 is 1.92 bits per heavy atom. The molecule has 0 bridgehead atoms. The molecule has 0 aliphatic heterocycles. The molecule has 4 aromatic rings. The minimum absolute atomic E-state index is 0.217. The fraction of sp³-hybridized carbons (Fsp3) is 0. The molecule has 0 radical (unpaired) electrons. The van der Waals surface area contributed by atoms with E-state index in [4.69, 9.17) is 5.26 Å². The summed E-state index contributed by atoms with van der Waals surface area (Å²) < 4.78 is 1.15. The minimum Gasteiger partial charge on any atom is -0.322 e. The number of nitrogens with zero attached hydrogens (tertiary/aromatic N) is 2. The van der Waals surface area contributed by atoms with Crippen molar-refractivity contribution in [3.63, 3.8) is 0 Å². The Bertz CT molecular complexity index is 1070. The van der Waals surface area contributed by atoms with Gasteiger partial charge in [-0.3, -0.25) is 4.79 Å². The number of hydrogen-bond acceptors (Lipinski definition) is 5. The Morgan fingerprint density at radius 3 is 2.64 bits per heavy atom. The lowest BCUT2D eigenvalue weighted by Crippen LogP contribution is -2.10. The number of nitrogens with one attached hydrogen (secondary N) is 1. The second-order valence-electron chi connectivity index (χ2n) is 5.33. The highest BCUT2D eigenvalue weighted by Crippen LogP contribution is 2.30. The summed E-state index contributed by atoms with van der Waals surface area (Å²) in [6.45, 7) is 0. The molecule has 0 aliphatic rings. The lowest BCUT2D eigenvalue weighted by molar-refractivity contribution is 0.102. The van der Waals surface area contributed by atoms with E-state index in [1.165, 1.54) is 11.3 Å². The van der Waals surface area contributed by atoms with Crippen molar-refractivity contribution in [2.75, 3.05) is 5.32 Å². The molecule has 25 heavy (non-hydrogen) atoms. The summed E-state index contributed by atoms with van der Waals surface area (Å²) in [5.41, 5.74) is 3.21. The highest BCUT2D eigenvalue weighted by Gasteiger charge is 2.10. The number of para-hydroxylation sites is 1. The van der Waals surface area contributed by atoms with Crippen LogP contribution >= 0.6 is 22.7 Å². The zero-order valence-electron chi connectivity index (χ0n) is 12.9. The number of fused-ring (bicyclic) bond motifs is 1. The lowest BCUT2D eigenvalue weighted by atomic mass is 10.2. The van der Waals surface area contributed by atoms with Crippen LogP contribution in [-0.4, -0.2) is 10.9 Å². The number of amides is 1. The first-order chi connectivity index (χ1) is 12.2. The third-order valence-electron chi connectivity index (χ3n) is 3.66. The summed E-state index contributed by atoms with van der Waals surface area (Å²) in [7, 11) is 0. The second-order valence-corrected chi connectivity index (χ2v) is 7.27. The first kappa shape index (κ1) is 15.5. The number of carbonyl (C=O) groups excluding carboxylic acids is 1. The van der Waals surface area contributed by atoms with Crippen LogP contribution in [0, 0.1) is 11.3 Å². The molecule has 1 N–H and O–H groups in total. The van der Waals surface area contributed by atoms with Crippen LogP contribution in [0.1, 0.15) is 15.2 Å². The van der Waals surface area contributed by atoms with Gasteiger partial charge in [0, 0.05) is 16.6 Å². The van der Waals surface area contributed by atoms with E-state index in [1.807, 2.05) is 48.5 Å². The molecule has 2 aromatic carbocycles. The topological polar surface area (TPSA) is 65.8 Å². The highest BCUT2D eigenvalue weighted by atomic mass is 32.1. The average Bonchev–Trinajstić information content (AvgIpc) is 3.29. The average molecular weight is 361 g/mol. The molecule has 0 unspecified atom stereocenters. The third kappa shape index (κ3) is 3.15. The van der Waals surface area contributed by atoms with Crippen LogP contribution in [0.5, 0.6) is 0 Å². The maximum Gasteiger partial charge on any atom is 0.256 e. The molecule has 0 aliphatic carbocycles. The molecule has 2 heterocycles. The summed E-state index contributed by atoms with van der Waals surface area (Å²) in [5, 5.41) is 14.3. The van der Waals surface area contributed by atoms with Crippen LogP contribution in [-0.2, 0) is 0 Å². The van der Waals surface area contributed by atoms with Crippen LogP contribution < -0.4 is 5.32 Å². The number of carbonyl (C=O) groups is 1. The minimum atomic E-state index is -0.217. The van der Waals surface area contributed by atoms with Gasteiger partial charge < -0.3 is 5.32 Å². The van der Waals surface area contributed by atoms with E-state index < -0.39 is 0 Å². The quantitative estimate of drug-likeness (QED) is 0.549. The van der Waals surface area contributed by atoms with Crippen molar-refractivity contribution in [2.45, 2.75) is 0 Å². The summed E-state index contributed by atoms with van der Waals surface area (Å²) in [4.78, 5) is 17.4. The zero-order chi connectivity index (χ0) is 17.2. The first-order valence-corrected chi connectivity index (χ1v) is 9.18. The van der Waals surface area contributed by atoms with Crippen LogP contribution in [0.25, 0.3) is 20.8 Å². The monoisotopic (exact) mass is 361 g/mol. The van der Waals surface area contributed by atoms with Gasteiger partial charge in [-0.15, -0.1) is 22.7 Å². The fourth-order valence-electron chi connectivity index (χ4n) is 2.41. The molecule has 4 nitrogen and oxygen atoms in total. The summed E-state index contributed by atoms with van der Waals surface area (Å²) in [6.07, 6.45) is 0. The number of anilines is 1. The molecule has 4 rings (SSSR count). The summed E-state index contributed by atoms with van der Waals surface area (Å²) in [6, 6.07) is 19.3. The number of rotatable bonds is 3. The molecule has 1 amide bonds. The number of aromatic nitrogens is 1. The van der Waals surface area contributed by atoms with Gasteiger partial charge in [-0.05, 0) is 42.5 Å². The predicted octanol–water partition coefficient (Wildman–Crippen LogP) is 5.15. The first-order valence-electron chi connectivity index (χ1n) is 7.49. The maximum absolute atomic E-state index is 12.2. The Labute approximate surface area is 152 Å². The van der Waals surface area contributed by atoms with Crippen molar-refractivity contribution < 1.29 is 4.79 Å². The van der Waals surface area contributed by atoms with E-state index in [0.717, 1.165) is 20.8 Å². The normalized spacial score (nSPS) is 10.5. The zero-order valence-corrected chi connectivity index (χ0v) is 14.5. The van der Waals surface area contributed by atoms with E-state index in [-0.39, 0.29) is 5.91 Å². The molecular formula is C19H11N3OS2. The van der Waals surface area contributed by atoms with E-state index >= 15 is 0 Å². The lowest BCUT2D eigenvalue weighted by Gasteiger charge is -2.04. The molecular weight excluding hydrogens is 350 g/mol. The van der Waals surface area contributed by atoms with Crippen molar-refractivity contribution in [3.8, 4) is 16.6 Å². The number of thiophene rings is 1. The van der Waals surface area contributed by atoms with Crippen molar-refractivity contribution in [1.82, 2.24) is 4.98 Å². The van der Waals surface area contributed by atoms with Gasteiger partial charge in [-0.25, -0.2) is 4.98 Å². The van der Waals surface area contributed by atoms with Gasteiger partial charge in [0.2, 0.25) is 0 Å². The van der Waals surface area contributed by atoms with E-state index in [9.17, 15) is 4.79 Å². The smallest absolute Gasteiger partial charge is 0.256 e. The molecule has 0 atom stereocenters. The fourth-order valence-corrected chi connectivity index (χ4v) is 4.06. The Kier molecular flexibility index (Phi) is 4.02. The van der Waals surface area contributed by atoms with Gasteiger partial charge in [-0.1, -0.05) is 12.1 Å². The predicted molar refractivity (Wildman–Crippen MR) is 102 cm³/mol. The SMILES string of the molecule is N#Cc1cc(C(=O)Nc2ccc(-c3nc4ccccc4s3)cc2)cs1. The Hall–Kier alpha value is -3.01. The molecule has 0 saturated heterocycles. The van der Waals surface area contributed by atoms with Crippen molar-refractivity contribution in [3.05, 3.63) is 70.4 Å². The van der Waals surface area contributed by atoms with Gasteiger partial charge in [0.05, 0.1) is 15.8 Å². The van der Waals surface area contributed by atoms with Crippen molar-refractivity contribution in [2.24, 2.45) is 0 Å². The molecule has 6 heteroatoms. The number of thiazole rings is 1. The van der Waals surface area contributed by atoms with Crippen molar-refractivity contribution in [1.29, 1.82) is 5.26 Å². The number of hydrogen-bond donors (Lipinski definition) is 1. The van der Waals surface area contributed by atoms with Gasteiger partial charge in [-0.2, -0.15) is 5.26 Å². The molecule has 2 aromatic heterocycles. The number of nitriles is 1. The molecule has 0 spiro atoms. The van der Waals surface area contributed by atoms with Crippen LogP contribution in [0.3, 0.4) is 0 Å². The van der Waals surface area contributed by atoms with Gasteiger partial charge in [0.1, 0.15) is 16.0 Å². The second kappa shape index (κ2) is 6.48. The third-order valence-corrected chi connectivity index (χ3v) is 5.58. The van der Waals surface area contributed by atoms with Gasteiger partial charge in [0.25, 0.3) is 5.91 Å². The summed E-state index contributed by atoms with van der Waals surface area (Å²) >= 11 is 2.91. The highest BCUT2D eigenvalue weighted by molar-refractivity contribution is 7.21. The van der Waals surface area contributed by atoms with E-state index in [0.29, 0.717) is 16.1 Å². The molecule has 0 fully saturated rings. The largest absolute Gasteiger partial charge is 0.322 e. The van der Waals surface area contributed by atoms with Gasteiger partial charge in [0.15, 0.2) is 0 Å². The Morgan fingerprint density at radius 1 is 1.12 bits per heavy atom. The van der Waals surface area contributed by atoms with Crippen LogP contribution in [0.15, 0.2) is 60.0 Å². The Balaban J connectivity index is 1.53. The van der Waals surface area contributed by atoms with Crippen LogP contribution in [0.2, 0.25) is 0 Å². The van der Waals surface area contributed by atoms with Crippen molar-refractivity contribution >= 4 is 44.5 Å². The molecule has 0 saturated carbocycles. The maximum atomic E-state index is 12.2. The molecule has 120 valence electrons. The number of benzene rings is 2. The van der Waals surface area contributed by atoms with Gasteiger partial charge >= 0.3 is 0 Å². The van der Waals surface area contributed by atoms with E-state index in [2.05, 4.69) is 16.4 Å². The standard InChI is InChI=1S/C19H11N3OS2/c20-10-15-9-13(11-24-15)18(23)21-14-7-5-12(6-8-14)19-22-16-3-1-2-4-17(16)25-19/h1-9,11H,(H,21,23). The van der Waals surface area contributed by atoms with E-state index in [1.54, 1.807) is 22.8 Å².